The van der Waals surface area contributed by atoms with Crippen molar-refractivity contribution in [2.45, 2.75) is 0 Å². The van der Waals surface area contributed by atoms with Crippen molar-refractivity contribution >= 4 is 17.4 Å². The molecule has 6 nitrogen and oxygen atoms in total. The molecule has 0 saturated heterocycles. The van der Waals surface area contributed by atoms with Crippen LogP contribution in [-0.4, -0.2) is 39.8 Å². The van der Waals surface area contributed by atoms with Crippen LogP contribution in [0.1, 0.15) is 5.56 Å². The number of aromatic nitrogens is 1. The van der Waals surface area contributed by atoms with Crippen LogP contribution in [0.2, 0.25) is 0 Å². The first-order chi connectivity index (χ1) is 11.2. The van der Waals surface area contributed by atoms with Crippen LogP contribution in [0.4, 0.5) is 0 Å². The highest BCUT2D eigenvalue weighted by Crippen LogP contribution is 2.26. The Morgan fingerprint density at radius 1 is 1.43 bits per heavy atom. The maximum atomic E-state index is 10.3. The SMILES string of the molecule is C=C/C=C1N=C(/C=C(\O)c2cccnc2)N2CCN=C2C/1=C/N. The van der Waals surface area contributed by atoms with E-state index in [-0.39, 0.29) is 5.76 Å². The van der Waals surface area contributed by atoms with Gasteiger partial charge in [-0.25, -0.2) is 4.99 Å². The molecule has 0 fully saturated rings. The fourth-order valence-electron chi connectivity index (χ4n) is 2.49. The highest BCUT2D eigenvalue weighted by molar-refractivity contribution is 6.19. The lowest BCUT2D eigenvalue weighted by Crippen LogP contribution is -2.38. The largest absolute Gasteiger partial charge is 0.507 e. The van der Waals surface area contributed by atoms with E-state index in [4.69, 9.17) is 5.73 Å². The quantitative estimate of drug-likeness (QED) is 0.836. The summed E-state index contributed by atoms with van der Waals surface area (Å²) in [6, 6.07) is 3.55. The average Bonchev–Trinajstić information content (AvgIpc) is 3.06. The van der Waals surface area contributed by atoms with E-state index < -0.39 is 0 Å². The highest BCUT2D eigenvalue weighted by atomic mass is 16.3. The van der Waals surface area contributed by atoms with Crippen LogP contribution >= 0.6 is 0 Å². The summed E-state index contributed by atoms with van der Waals surface area (Å²) in [5.41, 5.74) is 7.79. The molecule has 23 heavy (non-hydrogen) atoms. The Kier molecular flexibility index (Phi) is 4.05. The Morgan fingerprint density at radius 2 is 2.30 bits per heavy atom. The number of rotatable bonds is 3. The summed E-state index contributed by atoms with van der Waals surface area (Å²) in [5.74, 6) is 1.48. The second-order valence-corrected chi connectivity index (χ2v) is 4.97. The molecule has 3 heterocycles. The number of allylic oxidation sites excluding steroid dienone is 2. The van der Waals surface area contributed by atoms with Crippen molar-refractivity contribution < 1.29 is 5.11 Å². The Morgan fingerprint density at radius 3 is 3.00 bits per heavy atom. The van der Waals surface area contributed by atoms with Gasteiger partial charge >= 0.3 is 0 Å². The molecule has 0 radical (unpaired) electrons. The highest BCUT2D eigenvalue weighted by Gasteiger charge is 2.30. The minimum atomic E-state index is 0.0984. The molecule has 0 bridgehead atoms. The normalized spacial score (nSPS) is 21.2. The fourth-order valence-corrected chi connectivity index (χ4v) is 2.49. The van der Waals surface area contributed by atoms with E-state index >= 15 is 0 Å². The van der Waals surface area contributed by atoms with E-state index in [0.29, 0.717) is 30.2 Å². The van der Waals surface area contributed by atoms with Gasteiger partial charge in [0.15, 0.2) is 0 Å². The average molecular weight is 307 g/mol. The summed E-state index contributed by atoms with van der Waals surface area (Å²) in [4.78, 5) is 15.0. The van der Waals surface area contributed by atoms with Crippen LogP contribution in [0.15, 0.2) is 76.8 Å². The van der Waals surface area contributed by atoms with Crippen LogP contribution in [0.3, 0.4) is 0 Å². The van der Waals surface area contributed by atoms with Gasteiger partial charge in [0.05, 0.1) is 17.8 Å². The van der Waals surface area contributed by atoms with Crippen molar-refractivity contribution in [3.63, 3.8) is 0 Å². The number of aliphatic hydroxyl groups is 1. The Labute approximate surface area is 134 Å². The number of amidine groups is 2. The Bertz CT molecular complexity index is 771. The van der Waals surface area contributed by atoms with Crippen LogP contribution in [0.25, 0.3) is 5.76 Å². The van der Waals surface area contributed by atoms with Gasteiger partial charge in [-0.2, -0.15) is 0 Å². The van der Waals surface area contributed by atoms with E-state index in [1.165, 1.54) is 6.20 Å². The molecule has 0 aromatic carbocycles. The Hall–Kier alpha value is -3.15. The van der Waals surface area contributed by atoms with Gasteiger partial charge in [-0.05, 0) is 18.2 Å². The van der Waals surface area contributed by atoms with Crippen LogP contribution in [-0.2, 0) is 0 Å². The molecule has 0 amide bonds. The third kappa shape index (κ3) is 2.78. The number of hydrogen-bond donors (Lipinski definition) is 2. The fraction of sp³-hybridized carbons (Fsp3) is 0.118. The van der Waals surface area contributed by atoms with Crippen LogP contribution in [0, 0.1) is 0 Å². The van der Waals surface area contributed by atoms with Gasteiger partial charge in [-0.15, -0.1) is 0 Å². The molecule has 0 saturated carbocycles. The van der Waals surface area contributed by atoms with Crippen molar-refractivity contribution in [2.75, 3.05) is 13.1 Å². The zero-order valence-corrected chi connectivity index (χ0v) is 12.6. The summed E-state index contributed by atoms with van der Waals surface area (Å²) in [5, 5.41) is 10.3. The molecule has 0 unspecified atom stereocenters. The number of fused-ring (bicyclic) bond motifs is 1. The third-order valence-corrected chi connectivity index (χ3v) is 3.53. The lowest BCUT2D eigenvalue weighted by Gasteiger charge is -2.27. The van der Waals surface area contributed by atoms with Gasteiger partial charge in [0, 0.05) is 36.8 Å². The Balaban J connectivity index is 2.06. The van der Waals surface area contributed by atoms with E-state index in [1.807, 2.05) is 4.90 Å². The first-order valence-corrected chi connectivity index (χ1v) is 7.21. The molecule has 0 atom stereocenters. The molecule has 3 N–H and O–H groups in total. The predicted octanol–water partition coefficient (Wildman–Crippen LogP) is 2.02. The number of aliphatic hydroxyl groups excluding tert-OH is 1. The van der Waals surface area contributed by atoms with Gasteiger partial charge in [-0.1, -0.05) is 12.7 Å². The number of pyridine rings is 1. The van der Waals surface area contributed by atoms with E-state index in [2.05, 4.69) is 21.5 Å². The minimum Gasteiger partial charge on any atom is -0.507 e. The van der Waals surface area contributed by atoms with E-state index in [0.717, 1.165) is 11.4 Å². The first-order valence-electron chi connectivity index (χ1n) is 7.21. The van der Waals surface area contributed by atoms with Crippen molar-refractivity contribution in [2.24, 2.45) is 15.7 Å². The maximum Gasteiger partial charge on any atom is 0.140 e. The number of nitrogens with zero attached hydrogens (tertiary/aromatic N) is 4. The number of nitrogens with two attached hydrogens (primary N) is 1. The van der Waals surface area contributed by atoms with Gasteiger partial charge in [-0.3, -0.25) is 9.98 Å². The molecule has 1 aromatic heterocycles. The van der Waals surface area contributed by atoms with Gasteiger partial charge in [0.1, 0.15) is 17.4 Å². The molecule has 6 heteroatoms. The van der Waals surface area contributed by atoms with Gasteiger partial charge in [0.25, 0.3) is 0 Å². The summed E-state index contributed by atoms with van der Waals surface area (Å²) >= 11 is 0. The zero-order valence-electron chi connectivity index (χ0n) is 12.6. The molecule has 3 rings (SSSR count). The molecular weight excluding hydrogens is 290 g/mol. The van der Waals surface area contributed by atoms with Crippen molar-refractivity contribution in [3.05, 3.63) is 72.4 Å². The lowest BCUT2D eigenvalue weighted by atomic mass is 10.1. The van der Waals surface area contributed by atoms with Crippen LogP contribution < -0.4 is 5.73 Å². The number of aliphatic imine (C=N–C) groups is 2. The van der Waals surface area contributed by atoms with Gasteiger partial charge < -0.3 is 15.7 Å². The molecule has 0 aliphatic carbocycles. The number of hydrogen-bond acceptors (Lipinski definition) is 6. The topological polar surface area (TPSA) is 87.1 Å². The standard InChI is InChI=1S/C17H17N5O/c1-2-4-14-13(10-18)17-20-7-8-22(17)16(21-14)9-15(23)12-5-3-6-19-11-12/h2-6,9-11,23H,1,7-8,18H2/b13-10+,14-4+,15-9-. The summed E-state index contributed by atoms with van der Waals surface area (Å²) in [7, 11) is 0. The lowest BCUT2D eigenvalue weighted by molar-refractivity contribution is 0.511. The summed E-state index contributed by atoms with van der Waals surface area (Å²) in [6.45, 7) is 5.06. The first kappa shape index (κ1) is 14.8. The summed E-state index contributed by atoms with van der Waals surface area (Å²) < 4.78 is 0. The molecule has 2 aliphatic rings. The predicted molar refractivity (Wildman–Crippen MR) is 91.8 cm³/mol. The zero-order chi connectivity index (χ0) is 16.2. The second kappa shape index (κ2) is 6.31. The molecule has 2 aliphatic heterocycles. The third-order valence-electron chi connectivity index (χ3n) is 3.53. The minimum absolute atomic E-state index is 0.0984. The summed E-state index contributed by atoms with van der Waals surface area (Å²) in [6.07, 6.45) is 9.78. The van der Waals surface area contributed by atoms with Crippen LogP contribution in [0.5, 0.6) is 0 Å². The van der Waals surface area contributed by atoms with Crippen molar-refractivity contribution in [3.8, 4) is 0 Å². The molecule has 0 spiro atoms. The van der Waals surface area contributed by atoms with E-state index in [9.17, 15) is 5.11 Å². The molecule has 116 valence electrons. The molecular formula is C17H17N5O. The van der Waals surface area contributed by atoms with Crippen molar-refractivity contribution in [1.82, 2.24) is 9.88 Å². The maximum absolute atomic E-state index is 10.3. The van der Waals surface area contributed by atoms with Crippen molar-refractivity contribution in [1.29, 1.82) is 0 Å². The smallest absolute Gasteiger partial charge is 0.140 e. The van der Waals surface area contributed by atoms with Gasteiger partial charge in [0.2, 0.25) is 0 Å². The molecule has 1 aromatic rings. The van der Waals surface area contributed by atoms with E-state index in [1.54, 1.807) is 42.8 Å². The monoisotopic (exact) mass is 307 g/mol. The second-order valence-electron chi connectivity index (χ2n) is 4.97.